The van der Waals surface area contributed by atoms with Gasteiger partial charge in [0.2, 0.25) is 0 Å². The van der Waals surface area contributed by atoms with Crippen molar-refractivity contribution in [2.45, 2.75) is 0 Å². The summed E-state index contributed by atoms with van der Waals surface area (Å²) in [5.41, 5.74) is 3.31. The van der Waals surface area contributed by atoms with Crippen LogP contribution in [0.2, 0.25) is 0 Å². The molecule has 0 saturated heterocycles. The molecule has 3 aromatic carbocycles. The van der Waals surface area contributed by atoms with Crippen molar-refractivity contribution in [1.82, 2.24) is 0 Å². The zero-order valence-electron chi connectivity index (χ0n) is 12.9. The number of nitrogens with one attached hydrogen (secondary N) is 2. The van der Waals surface area contributed by atoms with Crippen LogP contribution >= 0.6 is 0 Å². The lowest BCUT2D eigenvalue weighted by Gasteiger charge is -2.13. The Morgan fingerprint density at radius 3 is 2.29 bits per heavy atom. The Labute approximate surface area is 140 Å². The molecule has 116 valence electrons. The Morgan fingerprint density at radius 2 is 1.54 bits per heavy atom. The van der Waals surface area contributed by atoms with Crippen molar-refractivity contribution < 1.29 is 4.79 Å². The third-order valence-corrected chi connectivity index (χ3v) is 3.48. The number of carbonyl (C=O) groups is 1. The summed E-state index contributed by atoms with van der Waals surface area (Å²) in [7, 11) is 0. The first kappa shape index (κ1) is 15.3. The van der Waals surface area contributed by atoms with Gasteiger partial charge in [0, 0.05) is 11.3 Å². The minimum Gasteiger partial charge on any atom is -0.354 e. The summed E-state index contributed by atoms with van der Waals surface area (Å²) in [6.45, 7) is 0. The first-order valence-corrected chi connectivity index (χ1v) is 7.49. The molecule has 0 atom stereocenters. The van der Waals surface area contributed by atoms with E-state index in [1.165, 1.54) is 0 Å². The van der Waals surface area contributed by atoms with Crippen LogP contribution in [0.4, 0.5) is 17.1 Å². The van der Waals surface area contributed by atoms with E-state index in [9.17, 15) is 4.79 Å². The molecular formula is C20H15N3O. The molecule has 3 rings (SSSR count). The fraction of sp³-hybridized carbons (Fsp3) is 0. The fourth-order valence-corrected chi connectivity index (χ4v) is 2.30. The highest BCUT2D eigenvalue weighted by Crippen LogP contribution is 2.25. The number of nitrogens with zero attached hydrogens (tertiary/aromatic N) is 1. The van der Waals surface area contributed by atoms with Gasteiger partial charge in [-0.25, -0.2) is 0 Å². The molecule has 0 radical (unpaired) electrons. The zero-order chi connectivity index (χ0) is 16.8. The third-order valence-electron chi connectivity index (χ3n) is 3.48. The van der Waals surface area contributed by atoms with Crippen molar-refractivity contribution in [3.63, 3.8) is 0 Å². The van der Waals surface area contributed by atoms with Crippen molar-refractivity contribution in [2.75, 3.05) is 10.6 Å². The maximum atomic E-state index is 12.4. The highest BCUT2D eigenvalue weighted by atomic mass is 16.1. The van der Waals surface area contributed by atoms with E-state index in [4.69, 9.17) is 5.26 Å². The van der Waals surface area contributed by atoms with Gasteiger partial charge in [0.1, 0.15) is 0 Å². The van der Waals surface area contributed by atoms with E-state index in [1.807, 2.05) is 60.7 Å². The van der Waals surface area contributed by atoms with Gasteiger partial charge in [0.15, 0.2) is 0 Å². The number of carbonyl (C=O) groups excluding carboxylic acids is 1. The average molecular weight is 313 g/mol. The molecule has 4 heteroatoms. The molecule has 4 nitrogen and oxygen atoms in total. The SMILES string of the molecule is N#Cc1cccc(C(=O)Nc2ccccc2Nc2ccccc2)c1. The molecule has 1 amide bonds. The van der Waals surface area contributed by atoms with Gasteiger partial charge in [-0.3, -0.25) is 4.79 Å². The second-order valence-electron chi connectivity index (χ2n) is 5.18. The second-order valence-corrected chi connectivity index (χ2v) is 5.18. The van der Waals surface area contributed by atoms with E-state index in [2.05, 4.69) is 10.6 Å². The lowest BCUT2D eigenvalue weighted by molar-refractivity contribution is 0.102. The molecule has 0 saturated carbocycles. The van der Waals surface area contributed by atoms with E-state index in [-0.39, 0.29) is 5.91 Å². The summed E-state index contributed by atoms with van der Waals surface area (Å²) >= 11 is 0. The molecule has 0 heterocycles. The second kappa shape index (κ2) is 7.12. The highest BCUT2D eigenvalue weighted by molar-refractivity contribution is 6.06. The van der Waals surface area contributed by atoms with E-state index < -0.39 is 0 Å². The number of benzene rings is 3. The zero-order valence-corrected chi connectivity index (χ0v) is 12.9. The predicted octanol–water partition coefficient (Wildman–Crippen LogP) is 4.55. The van der Waals surface area contributed by atoms with Gasteiger partial charge >= 0.3 is 0 Å². The Hall–Kier alpha value is -3.58. The number of anilines is 3. The van der Waals surface area contributed by atoms with E-state index >= 15 is 0 Å². The summed E-state index contributed by atoms with van der Waals surface area (Å²) in [6.07, 6.45) is 0. The molecule has 3 aromatic rings. The Bertz CT molecular complexity index is 898. The van der Waals surface area contributed by atoms with E-state index in [1.54, 1.807) is 24.3 Å². The van der Waals surface area contributed by atoms with Crippen molar-refractivity contribution in [2.24, 2.45) is 0 Å². The maximum absolute atomic E-state index is 12.4. The van der Waals surface area contributed by atoms with Crippen LogP contribution in [0.3, 0.4) is 0 Å². The summed E-state index contributed by atoms with van der Waals surface area (Å²) in [5, 5.41) is 15.1. The molecule has 0 bridgehead atoms. The summed E-state index contributed by atoms with van der Waals surface area (Å²) in [4.78, 5) is 12.4. The molecule has 0 aliphatic rings. The van der Waals surface area contributed by atoms with Crippen molar-refractivity contribution >= 4 is 23.0 Å². The molecule has 2 N–H and O–H groups in total. The standard InChI is InChI=1S/C20H15N3O/c21-14-15-7-6-8-16(13-15)20(24)23-19-12-5-4-11-18(19)22-17-9-2-1-3-10-17/h1-13,22H,(H,23,24). The molecular weight excluding hydrogens is 298 g/mol. The van der Waals surface area contributed by atoms with Gasteiger partial charge in [0.05, 0.1) is 23.0 Å². The smallest absolute Gasteiger partial charge is 0.255 e. The van der Waals surface area contributed by atoms with Crippen molar-refractivity contribution in [3.05, 3.63) is 90.0 Å². The number of hydrogen-bond acceptors (Lipinski definition) is 3. The van der Waals surface area contributed by atoms with Gasteiger partial charge < -0.3 is 10.6 Å². The van der Waals surface area contributed by atoms with Crippen LogP contribution in [-0.4, -0.2) is 5.91 Å². The normalized spacial score (nSPS) is 9.79. The summed E-state index contributed by atoms with van der Waals surface area (Å²) in [6, 6.07) is 25.9. The van der Waals surface area contributed by atoms with Gasteiger partial charge in [0.25, 0.3) is 5.91 Å². The Kier molecular flexibility index (Phi) is 4.55. The Balaban J connectivity index is 1.82. The lowest BCUT2D eigenvalue weighted by atomic mass is 10.1. The topological polar surface area (TPSA) is 64.9 Å². The van der Waals surface area contributed by atoms with Crippen LogP contribution in [0.5, 0.6) is 0 Å². The number of hydrogen-bond donors (Lipinski definition) is 2. The van der Waals surface area contributed by atoms with Crippen LogP contribution in [0.1, 0.15) is 15.9 Å². The molecule has 0 aromatic heterocycles. The van der Waals surface area contributed by atoms with Gasteiger partial charge in [-0.1, -0.05) is 36.4 Å². The molecule has 0 spiro atoms. The molecule has 0 unspecified atom stereocenters. The Morgan fingerprint density at radius 1 is 0.833 bits per heavy atom. The number of amides is 1. The maximum Gasteiger partial charge on any atom is 0.255 e. The van der Waals surface area contributed by atoms with Crippen LogP contribution in [-0.2, 0) is 0 Å². The largest absolute Gasteiger partial charge is 0.354 e. The quantitative estimate of drug-likeness (QED) is 0.742. The average Bonchev–Trinajstić information content (AvgIpc) is 2.64. The third kappa shape index (κ3) is 3.60. The molecule has 0 fully saturated rings. The van der Waals surface area contributed by atoms with Gasteiger partial charge in [-0.2, -0.15) is 5.26 Å². The number of para-hydroxylation sites is 3. The lowest BCUT2D eigenvalue weighted by Crippen LogP contribution is -2.13. The number of rotatable bonds is 4. The summed E-state index contributed by atoms with van der Waals surface area (Å²) in [5.74, 6) is -0.255. The monoisotopic (exact) mass is 313 g/mol. The first-order valence-electron chi connectivity index (χ1n) is 7.49. The van der Waals surface area contributed by atoms with Gasteiger partial charge in [-0.05, 0) is 42.5 Å². The highest BCUT2D eigenvalue weighted by Gasteiger charge is 2.09. The molecule has 24 heavy (non-hydrogen) atoms. The first-order chi connectivity index (χ1) is 11.8. The van der Waals surface area contributed by atoms with Crippen molar-refractivity contribution in [3.8, 4) is 6.07 Å². The predicted molar refractivity (Wildman–Crippen MR) is 95.3 cm³/mol. The van der Waals surface area contributed by atoms with Crippen LogP contribution in [0.15, 0.2) is 78.9 Å². The van der Waals surface area contributed by atoms with Crippen LogP contribution in [0.25, 0.3) is 0 Å². The van der Waals surface area contributed by atoms with E-state index in [0.717, 1.165) is 11.4 Å². The van der Waals surface area contributed by atoms with Crippen LogP contribution in [0, 0.1) is 11.3 Å². The summed E-state index contributed by atoms with van der Waals surface area (Å²) < 4.78 is 0. The van der Waals surface area contributed by atoms with E-state index in [0.29, 0.717) is 16.8 Å². The van der Waals surface area contributed by atoms with Crippen molar-refractivity contribution in [1.29, 1.82) is 5.26 Å². The molecule has 0 aliphatic heterocycles. The number of nitriles is 1. The minimum absolute atomic E-state index is 0.255. The fourth-order valence-electron chi connectivity index (χ4n) is 2.30. The van der Waals surface area contributed by atoms with Crippen LogP contribution < -0.4 is 10.6 Å². The minimum atomic E-state index is -0.255. The molecule has 0 aliphatic carbocycles. The van der Waals surface area contributed by atoms with Gasteiger partial charge in [-0.15, -0.1) is 0 Å².